The number of fused-ring (bicyclic) bond motifs is 11. The topological polar surface area (TPSA) is 41.3 Å². The maximum Gasteiger partial charge on any atom is 0.256 e. The zero-order valence-corrected chi connectivity index (χ0v) is 47.2. The van der Waals surface area contributed by atoms with Crippen molar-refractivity contribution in [3.05, 3.63) is 271 Å². The average Bonchev–Trinajstić information content (AvgIpc) is 0.860. The number of hydrogen-bond donors (Lipinski definition) is 0. The SMILES string of the molecule is Cc1cc(C)c(N(c2ccccc2)c2cc3c4c(c2)Sc2cc5c(cc2B4c2ccccc2O3)B2c3ccccc3Oc3cc(N(c4ccccc4)c4ccccc4)cc(c32)N5c2ccccc2-c2cccc3oc4ccccc4c23)c(C)c1. The number of hydrogen-bond acceptors (Lipinski definition) is 7. The number of nitrogens with zero attached hydrogens (tertiary/aromatic N) is 3. The standard InChI is InChI=1S/C75H51B2N3O3S/c1-46-38-47(2)75(48(3)39-46)79(51-26-11-6-12-27-51)53-42-69-74-71(43-53)84-70-45-62-59(44-60(70)77(74)58-32-16-20-36-66(58)83-69)76-57-31-15-19-35-65(57)82-68-41-52(78(49-22-7-4-8-23-49)50-24-9-5-10-25-50)40-63(73(68)76)80(62)61-33-17-13-28-54(61)55-30-21-37-67-72(55)56-29-14-18-34-64(56)81-67/h4-45H,1-3H3. The summed E-state index contributed by atoms with van der Waals surface area (Å²) in [6.07, 6.45) is 0. The molecule has 13 aromatic rings. The maximum absolute atomic E-state index is 7.29. The average molecular weight is 1100 g/mol. The van der Waals surface area contributed by atoms with Gasteiger partial charge in [0.2, 0.25) is 0 Å². The van der Waals surface area contributed by atoms with Crippen molar-refractivity contribution in [2.75, 3.05) is 14.7 Å². The molecule has 5 heterocycles. The second-order valence-electron chi connectivity index (χ2n) is 22.5. The molecule has 0 radical (unpaired) electrons. The van der Waals surface area contributed by atoms with Crippen LogP contribution in [0.2, 0.25) is 0 Å². The first-order chi connectivity index (χ1) is 41.4. The van der Waals surface area contributed by atoms with Crippen LogP contribution >= 0.6 is 11.8 Å². The molecule has 0 fully saturated rings. The van der Waals surface area contributed by atoms with Crippen LogP contribution in [0, 0.1) is 20.8 Å². The van der Waals surface area contributed by atoms with Gasteiger partial charge in [0.05, 0.1) is 22.7 Å². The van der Waals surface area contributed by atoms with Crippen LogP contribution in [0.25, 0.3) is 33.1 Å². The van der Waals surface area contributed by atoms with Gasteiger partial charge in [-0.1, -0.05) is 181 Å². The van der Waals surface area contributed by atoms with Gasteiger partial charge in [-0.2, -0.15) is 0 Å². The normalized spacial score (nSPS) is 13.0. The second kappa shape index (κ2) is 19.0. The molecule has 17 rings (SSSR count). The van der Waals surface area contributed by atoms with E-state index in [4.69, 9.17) is 13.9 Å². The lowest BCUT2D eigenvalue weighted by atomic mass is 9.31. The monoisotopic (exact) mass is 1100 g/mol. The van der Waals surface area contributed by atoms with E-state index in [1.54, 1.807) is 0 Å². The van der Waals surface area contributed by atoms with Crippen molar-refractivity contribution >= 4 is 131 Å². The molecule has 396 valence electrons. The van der Waals surface area contributed by atoms with Crippen molar-refractivity contribution in [3.63, 3.8) is 0 Å². The zero-order chi connectivity index (χ0) is 55.7. The highest BCUT2D eigenvalue weighted by Crippen LogP contribution is 2.52. The first-order valence-electron chi connectivity index (χ1n) is 28.8. The summed E-state index contributed by atoms with van der Waals surface area (Å²) in [6.45, 7) is 6.35. The molecule has 9 heteroatoms. The Morgan fingerprint density at radius 1 is 0.369 bits per heavy atom. The zero-order valence-electron chi connectivity index (χ0n) is 46.4. The summed E-state index contributed by atoms with van der Waals surface area (Å²) in [5, 5.41) is 2.17. The smallest absolute Gasteiger partial charge is 0.256 e. The summed E-state index contributed by atoms with van der Waals surface area (Å²) in [4.78, 5) is 9.69. The number of benzene rings is 12. The molecule has 0 N–H and O–H groups in total. The van der Waals surface area contributed by atoms with Gasteiger partial charge in [0, 0.05) is 66.7 Å². The van der Waals surface area contributed by atoms with Crippen LogP contribution in [0.1, 0.15) is 16.7 Å². The molecule has 0 aliphatic carbocycles. The Bertz CT molecular complexity index is 4790. The Balaban J connectivity index is 0.948. The van der Waals surface area contributed by atoms with Crippen molar-refractivity contribution in [1.82, 2.24) is 0 Å². The Kier molecular flexibility index (Phi) is 11.0. The van der Waals surface area contributed by atoms with E-state index >= 15 is 0 Å². The molecule has 0 unspecified atom stereocenters. The van der Waals surface area contributed by atoms with Crippen LogP contribution in [0.15, 0.2) is 269 Å². The van der Waals surface area contributed by atoms with E-state index in [0.717, 1.165) is 118 Å². The summed E-state index contributed by atoms with van der Waals surface area (Å²) in [5.74, 6) is 3.43. The maximum atomic E-state index is 7.29. The minimum atomic E-state index is -0.176. The highest BCUT2D eigenvalue weighted by atomic mass is 32.2. The molecule has 12 aromatic carbocycles. The van der Waals surface area contributed by atoms with Crippen LogP contribution < -0.4 is 57.0 Å². The third kappa shape index (κ3) is 7.48. The van der Waals surface area contributed by atoms with Gasteiger partial charge in [0.25, 0.3) is 13.4 Å². The van der Waals surface area contributed by atoms with Crippen LogP contribution in [0.4, 0.5) is 51.2 Å². The van der Waals surface area contributed by atoms with Crippen LogP contribution in [-0.4, -0.2) is 13.4 Å². The Hall–Kier alpha value is -10.1. The fraction of sp³-hybridized carbons (Fsp3) is 0.0400. The Labute approximate surface area is 493 Å². The van der Waals surface area contributed by atoms with Gasteiger partial charge in [-0.25, -0.2) is 0 Å². The lowest BCUT2D eigenvalue weighted by Crippen LogP contribution is -2.63. The summed E-state index contributed by atoms with van der Waals surface area (Å²) in [6, 6.07) is 92.2. The lowest BCUT2D eigenvalue weighted by molar-refractivity contribution is 0.486. The molecular weight excluding hydrogens is 1040 g/mol. The number of rotatable bonds is 8. The summed E-state index contributed by atoms with van der Waals surface area (Å²) in [5.41, 5.74) is 24.2. The number of furan rings is 1. The minimum absolute atomic E-state index is 0.111. The van der Waals surface area contributed by atoms with Crippen molar-refractivity contribution in [2.24, 2.45) is 0 Å². The first-order valence-corrected chi connectivity index (χ1v) is 29.6. The summed E-state index contributed by atoms with van der Waals surface area (Å²) >= 11 is 1.85. The van der Waals surface area contributed by atoms with Gasteiger partial charge in [-0.15, -0.1) is 0 Å². The molecule has 0 spiro atoms. The molecule has 0 amide bonds. The van der Waals surface area contributed by atoms with E-state index in [1.807, 2.05) is 17.8 Å². The van der Waals surface area contributed by atoms with E-state index in [9.17, 15) is 0 Å². The third-order valence-electron chi connectivity index (χ3n) is 17.4. The van der Waals surface area contributed by atoms with Crippen LogP contribution in [-0.2, 0) is 0 Å². The van der Waals surface area contributed by atoms with E-state index in [0.29, 0.717) is 0 Å². The Morgan fingerprint density at radius 3 is 1.61 bits per heavy atom. The Morgan fingerprint density at radius 2 is 0.917 bits per heavy atom. The largest absolute Gasteiger partial charge is 0.458 e. The molecule has 0 bridgehead atoms. The van der Waals surface area contributed by atoms with Gasteiger partial charge < -0.3 is 28.6 Å². The second-order valence-corrected chi connectivity index (χ2v) is 23.6. The van der Waals surface area contributed by atoms with Crippen LogP contribution in [0.5, 0.6) is 23.0 Å². The van der Waals surface area contributed by atoms with Crippen LogP contribution in [0.3, 0.4) is 0 Å². The molecule has 0 saturated carbocycles. The van der Waals surface area contributed by atoms with Gasteiger partial charge >= 0.3 is 0 Å². The summed E-state index contributed by atoms with van der Waals surface area (Å²) in [7, 11) is 0. The fourth-order valence-electron chi connectivity index (χ4n) is 14.1. The number of anilines is 9. The van der Waals surface area contributed by atoms with Gasteiger partial charge in [0.15, 0.2) is 0 Å². The molecule has 0 atom stereocenters. The van der Waals surface area contributed by atoms with Crippen molar-refractivity contribution in [1.29, 1.82) is 0 Å². The molecule has 0 saturated heterocycles. The lowest BCUT2D eigenvalue weighted by Gasteiger charge is -2.43. The predicted molar refractivity (Wildman–Crippen MR) is 350 cm³/mol. The van der Waals surface area contributed by atoms with Gasteiger partial charge in [-0.05, 0) is 150 Å². The molecule has 6 nitrogen and oxygen atoms in total. The molecule has 1 aromatic heterocycles. The third-order valence-corrected chi connectivity index (χ3v) is 18.5. The molecule has 4 aliphatic heterocycles. The van der Waals surface area contributed by atoms with Gasteiger partial charge in [0.1, 0.15) is 34.2 Å². The predicted octanol–water partition coefficient (Wildman–Crippen LogP) is 16.6. The highest BCUT2D eigenvalue weighted by molar-refractivity contribution is 8.00. The molecule has 84 heavy (non-hydrogen) atoms. The highest BCUT2D eigenvalue weighted by Gasteiger charge is 2.47. The number of para-hydroxylation sites is 7. The summed E-state index contributed by atoms with van der Waals surface area (Å²) < 4.78 is 21.1. The quantitative estimate of drug-likeness (QED) is 0.140. The van der Waals surface area contributed by atoms with Gasteiger partial charge in [-0.3, -0.25) is 0 Å². The van der Waals surface area contributed by atoms with E-state index in [1.165, 1.54) is 48.6 Å². The van der Waals surface area contributed by atoms with Crippen molar-refractivity contribution in [2.45, 2.75) is 30.6 Å². The minimum Gasteiger partial charge on any atom is -0.458 e. The first kappa shape index (κ1) is 48.6. The van der Waals surface area contributed by atoms with E-state index in [2.05, 4.69) is 284 Å². The molecular formula is C75H51B2N3O3S. The number of aryl methyl sites for hydroxylation is 3. The molecule has 4 aliphatic rings. The van der Waals surface area contributed by atoms with Crippen molar-refractivity contribution < 1.29 is 13.9 Å². The fourth-order valence-corrected chi connectivity index (χ4v) is 15.3. The van der Waals surface area contributed by atoms with E-state index < -0.39 is 0 Å². The van der Waals surface area contributed by atoms with E-state index in [-0.39, 0.29) is 13.4 Å². The van der Waals surface area contributed by atoms with Crippen molar-refractivity contribution in [3.8, 4) is 34.1 Å². The number of ether oxygens (including phenoxy) is 2.